The summed E-state index contributed by atoms with van der Waals surface area (Å²) < 4.78 is 35.1. The van der Waals surface area contributed by atoms with E-state index in [9.17, 15) is 18.0 Å². The Kier molecular flexibility index (Phi) is 7.30. The highest BCUT2D eigenvalue weighted by Crippen LogP contribution is 2.38. The summed E-state index contributed by atoms with van der Waals surface area (Å²) >= 11 is 8.59. The topological polar surface area (TPSA) is 107 Å². The molecule has 0 amide bonds. The minimum Gasteiger partial charge on any atom is -0.466 e. The van der Waals surface area contributed by atoms with Crippen LogP contribution in [0.1, 0.15) is 23.9 Å². The third-order valence-corrected chi connectivity index (χ3v) is 8.38. The zero-order valence-corrected chi connectivity index (χ0v) is 20.2. The number of esters is 1. The Balaban J connectivity index is 1.99. The Hall–Kier alpha value is -2.08. The fraction of sp³-hybridized carbons (Fsp3) is 0.316. The van der Waals surface area contributed by atoms with Crippen LogP contribution in [0.3, 0.4) is 0 Å². The Morgan fingerprint density at radius 3 is 2.61 bits per heavy atom. The highest BCUT2D eigenvalue weighted by Gasteiger charge is 2.27. The van der Waals surface area contributed by atoms with Gasteiger partial charge in [-0.15, -0.1) is 23.1 Å². The number of nitrogens with one attached hydrogen (secondary N) is 1. The fourth-order valence-corrected chi connectivity index (χ4v) is 6.32. The largest absolute Gasteiger partial charge is 0.466 e. The number of carbonyl (C=O) groups excluding carboxylic acids is 1. The number of ether oxygens (including phenoxy) is 1. The van der Waals surface area contributed by atoms with Crippen LogP contribution in [0.2, 0.25) is 5.02 Å². The fourth-order valence-electron chi connectivity index (χ4n) is 2.75. The monoisotopic (exact) mass is 501 g/mol. The number of carbonyl (C=O) groups is 1. The number of hydrogen-bond acceptors (Lipinski definition) is 8. The SMILES string of the molecule is CCOC(=O)CCSc1sc(C)c(C)n2c(=O)nc(NS(=O)(=O)c3ccc(Cl)cc3)c1-2. The van der Waals surface area contributed by atoms with Gasteiger partial charge in [-0.2, -0.15) is 4.98 Å². The van der Waals surface area contributed by atoms with Crippen LogP contribution in [0.4, 0.5) is 5.82 Å². The molecule has 1 N–H and O–H groups in total. The van der Waals surface area contributed by atoms with Crippen LogP contribution in [0.5, 0.6) is 0 Å². The molecule has 1 aromatic rings. The number of halogens is 1. The summed E-state index contributed by atoms with van der Waals surface area (Å²) in [6.07, 6.45) is 0.189. The van der Waals surface area contributed by atoms with E-state index in [2.05, 4.69) is 9.71 Å². The first-order chi connectivity index (χ1) is 14.6. The van der Waals surface area contributed by atoms with Crippen LogP contribution < -0.4 is 10.4 Å². The zero-order valence-electron chi connectivity index (χ0n) is 17.0. The van der Waals surface area contributed by atoms with Gasteiger partial charge in [-0.3, -0.25) is 14.1 Å². The van der Waals surface area contributed by atoms with Crippen LogP contribution in [-0.4, -0.2) is 36.3 Å². The molecule has 0 aliphatic carbocycles. The van der Waals surface area contributed by atoms with Gasteiger partial charge in [0.2, 0.25) is 0 Å². The van der Waals surface area contributed by atoms with E-state index >= 15 is 0 Å². The van der Waals surface area contributed by atoms with E-state index in [4.69, 9.17) is 16.3 Å². The molecule has 0 atom stereocenters. The maximum absolute atomic E-state index is 12.8. The minimum atomic E-state index is -3.99. The maximum Gasteiger partial charge on any atom is 0.354 e. The molecule has 0 unspecified atom stereocenters. The summed E-state index contributed by atoms with van der Waals surface area (Å²) in [6, 6.07) is 5.67. The molecule has 0 spiro atoms. The number of benzene rings is 1. The van der Waals surface area contributed by atoms with Gasteiger partial charge in [-0.25, -0.2) is 13.2 Å². The standard InChI is InChI=1S/C19H20ClN3O5S3/c1-4-28-15(24)9-10-29-18-16-17(21-19(25)23(16)11(2)12(3)30-18)22-31(26,27)14-7-5-13(20)6-8-14/h5-8H,4,9-10H2,1-3H3,(H,21,22,25). The number of aryl methyl sites for hydroxylation is 1. The lowest BCUT2D eigenvalue weighted by Gasteiger charge is -2.15. The average Bonchev–Trinajstić information content (AvgIpc) is 3.01. The van der Waals surface area contributed by atoms with E-state index in [-0.39, 0.29) is 23.1 Å². The van der Waals surface area contributed by atoms with Crippen LogP contribution in [0.15, 0.2) is 38.2 Å². The van der Waals surface area contributed by atoms with Gasteiger partial charge in [0.1, 0.15) is 5.69 Å². The van der Waals surface area contributed by atoms with Crippen LogP contribution >= 0.6 is 34.7 Å². The molecule has 12 heteroatoms. The van der Waals surface area contributed by atoms with E-state index in [1.54, 1.807) is 13.8 Å². The number of imidazole rings is 1. The van der Waals surface area contributed by atoms with Gasteiger partial charge in [-0.05, 0) is 45.0 Å². The molecule has 2 aliphatic rings. The van der Waals surface area contributed by atoms with Gasteiger partial charge in [-0.1, -0.05) is 11.6 Å². The lowest BCUT2D eigenvalue weighted by Crippen LogP contribution is -2.17. The molecule has 0 bridgehead atoms. The van der Waals surface area contributed by atoms with Gasteiger partial charge in [0.25, 0.3) is 10.0 Å². The predicted molar refractivity (Wildman–Crippen MR) is 123 cm³/mol. The number of aromatic nitrogens is 2. The summed E-state index contributed by atoms with van der Waals surface area (Å²) in [6.45, 7) is 5.68. The normalized spacial score (nSPS) is 11.6. The number of rotatable bonds is 8. The number of thioether (sulfide) groups is 1. The van der Waals surface area contributed by atoms with Crippen molar-refractivity contribution in [2.75, 3.05) is 17.1 Å². The average molecular weight is 502 g/mol. The molecular weight excluding hydrogens is 482 g/mol. The van der Waals surface area contributed by atoms with Crippen molar-refractivity contribution >= 4 is 56.5 Å². The van der Waals surface area contributed by atoms with Crippen LogP contribution in [-0.2, 0) is 19.6 Å². The van der Waals surface area contributed by atoms with Gasteiger partial charge >= 0.3 is 11.7 Å². The van der Waals surface area contributed by atoms with Gasteiger partial charge in [0, 0.05) is 21.3 Å². The molecule has 0 aromatic heterocycles. The first-order valence-electron chi connectivity index (χ1n) is 9.23. The molecule has 0 saturated carbocycles. The van der Waals surface area contributed by atoms with Crippen molar-refractivity contribution in [2.45, 2.75) is 36.3 Å². The molecule has 0 saturated heterocycles. The first-order valence-corrected chi connectivity index (χ1v) is 12.9. The summed E-state index contributed by atoms with van der Waals surface area (Å²) in [5, 5.41) is 0.404. The van der Waals surface area contributed by atoms with Crippen molar-refractivity contribution in [1.29, 1.82) is 0 Å². The van der Waals surface area contributed by atoms with Crippen molar-refractivity contribution in [3.05, 3.63) is 50.3 Å². The Morgan fingerprint density at radius 1 is 1.29 bits per heavy atom. The van der Waals surface area contributed by atoms with Crippen molar-refractivity contribution in [1.82, 2.24) is 9.55 Å². The van der Waals surface area contributed by atoms with E-state index in [1.807, 2.05) is 6.92 Å². The molecule has 31 heavy (non-hydrogen) atoms. The number of anilines is 1. The summed E-state index contributed by atoms with van der Waals surface area (Å²) in [4.78, 5) is 29.1. The third-order valence-electron chi connectivity index (χ3n) is 4.33. The summed E-state index contributed by atoms with van der Waals surface area (Å²) in [5.74, 6) is 0.0374. The molecular formula is C19H20ClN3O5S3. The van der Waals surface area contributed by atoms with Gasteiger partial charge < -0.3 is 4.74 Å². The number of nitrogens with zero attached hydrogens (tertiary/aromatic N) is 2. The lowest BCUT2D eigenvalue weighted by atomic mass is 10.4. The lowest BCUT2D eigenvalue weighted by molar-refractivity contribution is -0.142. The summed E-state index contributed by atoms with van der Waals surface area (Å²) in [7, 11) is -3.99. The van der Waals surface area contributed by atoms with Crippen molar-refractivity contribution in [3.63, 3.8) is 0 Å². The van der Waals surface area contributed by atoms with Gasteiger partial charge in [0.15, 0.2) is 5.82 Å². The molecule has 1 aromatic carbocycles. The minimum absolute atomic E-state index is 0.00507. The van der Waals surface area contributed by atoms with Crippen molar-refractivity contribution in [2.24, 2.45) is 0 Å². The number of fused-ring (bicyclic) bond motifs is 1. The molecule has 3 rings (SSSR count). The highest BCUT2D eigenvalue weighted by molar-refractivity contribution is 8.01. The Morgan fingerprint density at radius 2 is 1.97 bits per heavy atom. The quantitative estimate of drug-likeness (QED) is 0.369. The zero-order chi connectivity index (χ0) is 22.8. The molecule has 8 nitrogen and oxygen atoms in total. The van der Waals surface area contributed by atoms with Crippen LogP contribution in [0.25, 0.3) is 5.69 Å². The Labute approximate surface area is 193 Å². The highest BCUT2D eigenvalue weighted by atomic mass is 35.5. The molecule has 0 fully saturated rings. The van der Waals surface area contributed by atoms with E-state index in [0.29, 0.717) is 33.0 Å². The van der Waals surface area contributed by atoms with Crippen LogP contribution in [0, 0.1) is 13.8 Å². The smallest absolute Gasteiger partial charge is 0.354 e. The molecule has 2 aliphatic heterocycles. The second-order valence-electron chi connectivity index (χ2n) is 6.42. The van der Waals surface area contributed by atoms with Crippen molar-refractivity contribution < 1.29 is 17.9 Å². The first kappa shape index (κ1) is 23.6. The predicted octanol–water partition coefficient (Wildman–Crippen LogP) is 3.85. The maximum atomic E-state index is 12.8. The second kappa shape index (κ2) is 9.60. The number of sulfonamides is 1. The Bertz CT molecular complexity index is 1240. The van der Waals surface area contributed by atoms with E-state index in [1.165, 1.54) is 51.9 Å². The van der Waals surface area contributed by atoms with Crippen molar-refractivity contribution in [3.8, 4) is 5.69 Å². The summed E-state index contributed by atoms with van der Waals surface area (Å²) in [5.41, 5.74) is 0.457. The van der Waals surface area contributed by atoms with E-state index < -0.39 is 15.7 Å². The molecule has 166 valence electrons. The third kappa shape index (κ3) is 5.22. The second-order valence-corrected chi connectivity index (χ2v) is 11.1. The molecule has 2 heterocycles. The van der Waals surface area contributed by atoms with E-state index in [0.717, 1.165) is 4.88 Å². The van der Waals surface area contributed by atoms with Gasteiger partial charge in [0.05, 0.1) is 22.1 Å². The molecule has 0 radical (unpaired) electrons. The number of hydrogen-bond donors (Lipinski definition) is 1.